The van der Waals surface area contributed by atoms with Crippen LogP contribution in [0.1, 0.15) is 85.0 Å². The first kappa shape index (κ1) is 36.8. The minimum Gasteiger partial charge on any atom is -0.494 e. The summed E-state index contributed by atoms with van der Waals surface area (Å²) in [4.78, 5) is 35.6. The summed E-state index contributed by atoms with van der Waals surface area (Å²) in [6, 6.07) is 26.6. The monoisotopic (exact) mass is 695 g/mol. The average molecular weight is 696 g/mol. The third-order valence-corrected chi connectivity index (χ3v) is 8.74. The second kappa shape index (κ2) is 18.5. The Balaban J connectivity index is 1.18. The van der Waals surface area contributed by atoms with Gasteiger partial charge in [-0.2, -0.15) is 0 Å². The fraction of sp³-hybridized carbons (Fsp3) is 0.341. The van der Waals surface area contributed by atoms with Gasteiger partial charge in [0.1, 0.15) is 11.5 Å². The highest BCUT2D eigenvalue weighted by molar-refractivity contribution is 5.96. The number of fused-ring (bicyclic) bond motifs is 1. The molecule has 1 amide bonds. The Bertz CT molecular complexity index is 1790. The molecule has 0 saturated carbocycles. The molecule has 0 bridgehead atoms. The number of amides is 1. The quantitative estimate of drug-likeness (QED) is 0.0784. The maximum atomic E-state index is 13.5. The Morgan fingerprint density at radius 2 is 1.49 bits per heavy atom. The van der Waals surface area contributed by atoms with E-state index < -0.39 is 11.9 Å². The van der Waals surface area contributed by atoms with E-state index in [1.165, 1.54) is 0 Å². The van der Waals surface area contributed by atoms with Gasteiger partial charge in [-0.1, -0.05) is 61.4 Å². The van der Waals surface area contributed by atoms with Gasteiger partial charge >= 0.3 is 11.9 Å². The van der Waals surface area contributed by atoms with Crippen molar-refractivity contribution in [2.24, 2.45) is 0 Å². The maximum absolute atomic E-state index is 13.5. The predicted molar refractivity (Wildman–Crippen MR) is 193 cm³/mol. The van der Waals surface area contributed by atoms with Crippen LogP contribution in [-0.4, -0.2) is 48.1 Å². The van der Waals surface area contributed by atoms with Crippen molar-refractivity contribution in [1.82, 2.24) is 5.32 Å². The second-order valence-corrected chi connectivity index (χ2v) is 12.6. The first-order chi connectivity index (χ1) is 24.8. The lowest BCUT2D eigenvalue weighted by Gasteiger charge is -2.16. The summed E-state index contributed by atoms with van der Waals surface area (Å²) in [5, 5.41) is 21.3. The first-order valence-electron chi connectivity index (χ1n) is 17.5. The van der Waals surface area contributed by atoms with Crippen molar-refractivity contribution in [3.05, 3.63) is 107 Å². The van der Waals surface area contributed by atoms with E-state index in [2.05, 4.69) is 5.32 Å². The topological polar surface area (TPSA) is 141 Å². The van der Waals surface area contributed by atoms with Crippen molar-refractivity contribution < 1.29 is 43.5 Å². The summed E-state index contributed by atoms with van der Waals surface area (Å²) in [7, 11) is 0. The number of carboxylic acid groups (broad SMARTS) is 2. The van der Waals surface area contributed by atoms with Crippen LogP contribution in [0.3, 0.4) is 0 Å². The standard InChI is InChI=1S/C41H45NO9/c1-28(29-11-6-4-7-12-29)42-41(47)33-23-32(31-17-19-37-38(26-31)51-27-50-37)24-34(25-33)48-21-8-3-2-5-13-30-14-9-15-36(35(30)18-20-40(45)46)49-22-10-16-39(43)44/h4,6-7,9,11-12,14-15,17,19,23-26,28H,2-3,5,8,10,13,16,18,20-22,27H2,1H3,(H,42,47)(H,43,44)(H,45,46). The normalized spacial score (nSPS) is 12.3. The molecule has 10 heteroatoms. The number of rotatable bonds is 20. The highest BCUT2D eigenvalue weighted by Crippen LogP contribution is 2.37. The van der Waals surface area contributed by atoms with Gasteiger partial charge in [-0.15, -0.1) is 0 Å². The number of carbonyl (C=O) groups excluding carboxylic acids is 1. The Morgan fingerprint density at radius 1 is 0.725 bits per heavy atom. The maximum Gasteiger partial charge on any atom is 0.303 e. The molecular formula is C41H45NO9. The van der Waals surface area contributed by atoms with Crippen molar-refractivity contribution in [1.29, 1.82) is 0 Å². The third kappa shape index (κ3) is 11.0. The summed E-state index contributed by atoms with van der Waals surface area (Å²) in [6.45, 7) is 2.87. The molecule has 51 heavy (non-hydrogen) atoms. The van der Waals surface area contributed by atoms with E-state index in [0.29, 0.717) is 48.0 Å². The number of ether oxygens (including phenoxy) is 4. The van der Waals surface area contributed by atoms with Gasteiger partial charge in [0.05, 0.1) is 19.3 Å². The number of hydrogen-bond donors (Lipinski definition) is 3. The van der Waals surface area contributed by atoms with Gasteiger partial charge in [0.2, 0.25) is 6.79 Å². The second-order valence-electron chi connectivity index (χ2n) is 12.6. The van der Waals surface area contributed by atoms with E-state index in [0.717, 1.165) is 59.9 Å². The summed E-state index contributed by atoms with van der Waals surface area (Å²) in [5.74, 6) is 0.621. The highest BCUT2D eigenvalue weighted by atomic mass is 16.7. The van der Waals surface area contributed by atoms with Crippen LogP contribution in [0.4, 0.5) is 0 Å². The largest absolute Gasteiger partial charge is 0.494 e. The van der Waals surface area contributed by atoms with Crippen LogP contribution in [0, 0.1) is 0 Å². The molecule has 0 saturated heterocycles. The minimum absolute atomic E-state index is 0.00880. The van der Waals surface area contributed by atoms with E-state index in [9.17, 15) is 19.5 Å². The molecule has 10 nitrogen and oxygen atoms in total. The number of hydrogen-bond acceptors (Lipinski definition) is 7. The summed E-state index contributed by atoms with van der Waals surface area (Å²) >= 11 is 0. The zero-order valence-electron chi connectivity index (χ0n) is 28.9. The van der Waals surface area contributed by atoms with Crippen LogP contribution in [0.15, 0.2) is 84.9 Å². The highest BCUT2D eigenvalue weighted by Gasteiger charge is 2.18. The molecule has 0 fully saturated rings. The summed E-state index contributed by atoms with van der Waals surface area (Å²) < 4.78 is 23.2. The number of unbranched alkanes of at least 4 members (excludes halogenated alkanes) is 3. The van der Waals surface area contributed by atoms with Crippen molar-refractivity contribution in [2.45, 2.75) is 70.8 Å². The van der Waals surface area contributed by atoms with Gasteiger partial charge in [0.15, 0.2) is 11.5 Å². The lowest BCUT2D eigenvalue weighted by atomic mass is 9.97. The smallest absolute Gasteiger partial charge is 0.303 e. The molecule has 4 aromatic carbocycles. The zero-order chi connectivity index (χ0) is 36.0. The molecule has 1 heterocycles. The van der Waals surface area contributed by atoms with Crippen molar-refractivity contribution in [3.63, 3.8) is 0 Å². The molecule has 5 rings (SSSR count). The minimum atomic E-state index is -0.877. The molecule has 0 radical (unpaired) electrons. The van der Waals surface area contributed by atoms with Gasteiger partial charge in [-0.05, 0) is 103 Å². The van der Waals surface area contributed by atoms with Crippen LogP contribution in [0.25, 0.3) is 11.1 Å². The first-order valence-corrected chi connectivity index (χ1v) is 17.5. The van der Waals surface area contributed by atoms with Crippen molar-refractivity contribution >= 4 is 17.8 Å². The molecule has 0 aliphatic carbocycles. The summed E-state index contributed by atoms with van der Waals surface area (Å²) in [6.07, 6.45) is 5.13. The van der Waals surface area contributed by atoms with Gasteiger partial charge in [-0.25, -0.2) is 0 Å². The van der Waals surface area contributed by atoms with Gasteiger partial charge in [-0.3, -0.25) is 14.4 Å². The Labute approximate surface area is 298 Å². The van der Waals surface area contributed by atoms with E-state index in [1.807, 2.05) is 85.8 Å². The number of carboxylic acids is 2. The number of aliphatic carboxylic acids is 2. The van der Waals surface area contributed by atoms with Crippen LogP contribution in [-0.2, 0) is 22.4 Å². The number of carbonyl (C=O) groups is 3. The molecule has 1 atom stereocenters. The molecular weight excluding hydrogens is 650 g/mol. The summed E-state index contributed by atoms with van der Waals surface area (Å²) in [5.41, 5.74) is 5.15. The molecule has 3 N–H and O–H groups in total. The van der Waals surface area contributed by atoms with Gasteiger partial charge < -0.3 is 34.5 Å². The van der Waals surface area contributed by atoms with Crippen molar-refractivity contribution in [2.75, 3.05) is 20.0 Å². The zero-order valence-corrected chi connectivity index (χ0v) is 28.9. The Hall–Kier alpha value is -5.51. The molecule has 1 aliphatic heterocycles. The van der Waals surface area contributed by atoms with Gasteiger partial charge in [0.25, 0.3) is 5.91 Å². The average Bonchev–Trinajstić information content (AvgIpc) is 3.61. The fourth-order valence-corrected chi connectivity index (χ4v) is 6.02. The molecule has 0 aromatic heterocycles. The molecule has 0 spiro atoms. The molecule has 1 unspecified atom stereocenters. The lowest BCUT2D eigenvalue weighted by Crippen LogP contribution is -2.26. The van der Waals surface area contributed by atoms with Crippen LogP contribution in [0.2, 0.25) is 0 Å². The Kier molecular flexibility index (Phi) is 13.3. The number of aryl methyl sites for hydroxylation is 1. The fourth-order valence-electron chi connectivity index (χ4n) is 6.02. The lowest BCUT2D eigenvalue weighted by molar-refractivity contribution is -0.138. The van der Waals surface area contributed by atoms with E-state index in [-0.39, 0.29) is 38.2 Å². The van der Waals surface area contributed by atoms with Gasteiger partial charge in [0, 0.05) is 18.4 Å². The van der Waals surface area contributed by atoms with E-state index in [4.69, 9.17) is 24.1 Å². The van der Waals surface area contributed by atoms with E-state index >= 15 is 0 Å². The predicted octanol–water partition coefficient (Wildman–Crippen LogP) is 8.02. The van der Waals surface area contributed by atoms with Crippen LogP contribution < -0.4 is 24.3 Å². The SMILES string of the molecule is CC(NC(=O)c1cc(OCCCCCCc2cccc(OCCCC(=O)O)c2CCC(=O)O)cc(-c2ccc3c(c2)OCO3)c1)c1ccccc1. The van der Waals surface area contributed by atoms with Crippen LogP contribution >= 0.6 is 0 Å². The molecule has 268 valence electrons. The van der Waals surface area contributed by atoms with Crippen LogP contribution in [0.5, 0.6) is 23.0 Å². The number of nitrogens with one attached hydrogen (secondary N) is 1. The number of benzene rings is 4. The van der Waals surface area contributed by atoms with E-state index in [1.54, 1.807) is 6.07 Å². The van der Waals surface area contributed by atoms with Crippen molar-refractivity contribution in [3.8, 4) is 34.1 Å². The Morgan fingerprint density at radius 3 is 2.29 bits per heavy atom. The third-order valence-electron chi connectivity index (χ3n) is 8.74. The molecule has 1 aliphatic rings. The molecule has 4 aromatic rings.